The van der Waals surface area contributed by atoms with Crippen molar-refractivity contribution >= 4 is 34.6 Å². The van der Waals surface area contributed by atoms with E-state index in [-0.39, 0.29) is 0 Å². The highest BCUT2D eigenvalue weighted by Crippen LogP contribution is 2.22. The standard InChI is InChI=1S/C11H12N2OS2/c1-8-12-9(6-15-8)4-13(2)10-3-11(5-14)16-7-10/h3,5-7H,4H2,1-2H3. The predicted octanol–water partition coefficient (Wildman–Crippen LogP) is 2.96. The van der Waals surface area contributed by atoms with Gasteiger partial charge in [-0.25, -0.2) is 4.98 Å². The van der Waals surface area contributed by atoms with Gasteiger partial charge >= 0.3 is 0 Å². The molecular formula is C11H12N2OS2. The first-order valence-electron chi connectivity index (χ1n) is 4.85. The average Bonchev–Trinajstić information content (AvgIpc) is 2.87. The van der Waals surface area contributed by atoms with Crippen molar-refractivity contribution in [2.45, 2.75) is 13.5 Å². The summed E-state index contributed by atoms with van der Waals surface area (Å²) in [5.74, 6) is 0. The SMILES string of the molecule is Cc1nc(CN(C)c2csc(C=O)c2)cs1. The van der Waals surface area contributed by atoms with Gasteiger partial charge in [0.2, 0.25) is 0 Å². The summed E-state index contributed by atoms with van der Waals surface area (Å²) in [4.78, 5) is 17.9. The Bertz CT molecular complexity index is 490. The van der Waals surface area contributed by atoms with Gasteiger partial charge in [-0.2, -0.15) is 0 Å². The summed E-state index contributed by atoms with van der Waals surface area (Å²) in [7, 11) is 2.01. The van der Waals surface area contributed by atoms with E-state index in [0.717, 1.165) is 34.1 Å². The first-order chi connectivity index (χ1) is 7.69. The van der Waals surface area contributed by atoms with E-state index in [9.17, 15) is 4.79 Å². The number of nitrogens with zero attached hydrogens (tertiary/aromatic N) is 2. The van der Waals surface area contributed by atoms with Crippen LogP contribution >= 0.6 is 22.7 Å². The monoisotopic (exact) mass is 252 g/mol. The Hall–Kier alpha value is -1.20. The summed E-state index contributed by atoms with van der Waals surface area (Å²) < 4.78 is 0. The second-order valence-corrected chi connectivity index (χ2v) is 5.54. The molecule has 0 fully saturated rings. The third-order valence-corrected chi connectivity index (χ3v) is 3.90. The van der Waals surface area contributed by atoms with Gasteiger partial charge in [-0.1, -0.05) is 0 Å². The van der Waals surface area contributed by atoms with Crippen LogP contribution in [0.3, 0.4) is 0 Å². The molecule has 0 N–H and O–H groups in total. The van der Waals surface area contributed by atoms with Crippen molar-refractivity contribution in [1.29, 1.82) is 0 Å². The van der Waals surface area contributed by atoms with Crippen molar-refractivity contribution in [2.75, 3.05) is 11.9 Å². The average molecular weight is 252 g/mol. The van der Waals surface area contributed by atoms with Gasteiger partial charge in [0.25, 0.3) is 0 Å². The topological polar surface area (TPSA) is 33.2 Å². The lowest BCUT2D eigenvalue weighted by atomic mass is 10.3. The number of aromatic nitrogens is 1. The summed E-state index contributed by atoms with van der Waals surface area (Å²) in [5, 5.41) is 5.14. The molecule has 0 aliphatic carbocycles. The molecule has 2 rings (SSSR count). The lowest BCUT2D eigenvalue weighted by molar-refractivity contribution is 0.112. The first kappa shape index (κ1) is 11.3. The number of hydrogen-bond acceptors (Lipinski definition) is 5. The molecule has 2 aromatic heterocycles. The van der Waals surface area contributed by atoms with Crippen LogP contribution in [0.2, 0.25) is 0 Å². The van der Waals surface area contributed by atoms with Crippen LogP contribution in [0.1, 0.15) is 20.4 Å². The van der Waals surface area contributed by atoms with E-state index in [4.69, 9.17) is 0 Å². The molecule has 0 saturated heterocycles. The second-order valence-electron chi connectivity index (χ2n) is 3.54. The minimum atomic E-state index is 0.760. The predicted molar refractivity (Wildman–Crippen MR) is 68.7 cm³/mol. The zero-order valence-electron chi connectivity index (χ0n) is 9.14. The Morgan fingerprint density at radius 1 is 1.44 bits per heavy atom. The Morgan fingerprint density at radius 2 is 2.25 bits per heavy atom. The summed E-state index contributed by atoms with van der Waals surface area (Å²) in [6.45, 7) is 2.78. The number of anilines is 1. The largest absolute Gasteiger partial charge is 0.368 e. The highest BCUT2D eigenvalue weighted by atomic mass is 32.1. The number of hydrogen-bond donors (Lipinski definition) is 0. The zero-order valence-corrected chi connectivity index (χ0v) is 10.8. The molecule has 0 atom stereocenters. The summed E-state index contributed by atoms with van der Waals surface area (Å²) in [5.41, 5.74) is 2.14. The molecule has 5 heteroatoms. The number of carbonyl (C=O) groups is 1. The molecule has 84 valence electrons. The lowest BCUT2D eigenvalue weighted by Crippen LogP contribution is -2.15. The molecule has 0 amide bonds. The van der Waals surface area contributed by atoms with Crippen LogP contribution < -0.4 is 4.90 Å². The van der Waals surface area contributed by atoms with Crippen LogP contribution in [0, 0.1) is 6.92 Å². The van der Waals surface area contributed by atoms with Crippen LogP contribution in [-0.4, -0.2) is 18.3 Å². The van der Waals surface area contributed by atoms with E-state index in [0.29, 0.717) is 0 Å². The van der Waals surface area contributed by atoms with Gasteiger partial charge in [-0.3, -0.25) is 4.79 Å². The first-order valence-corrected chi connectivity index (χ1v) is 6.61. The highest BCUT2D eigenvalue weighted by molar-refractivity contribution is 7.12. The van der Waals surface area contributed by atoms with E-state index in [2.05, 4.69) is 15.3 Å². The van der Waals surface area contributed by atoms with Gasteiger partial charge in [-0.15, -0.1) is 22.7 Å². The third kappa shape index (κ3) is 2.48. The van der Waals surface area contributed by atoms with Crippen molar-refractivity contribution in [3.63, 3.8) is 0 Å². The maximum atomic E-state index is 10.6. The fourth-order valence-corrected chi connectivity index (χ4v) is 2.77. The minimum Gasteiger partial charge on any atom is -0.368 e. The van der Waals surface area contributed by atoms with Gasteiger partial charge in [0.15, 0.2) is 6.29 Å². The van der Waals surface area contributed by atoms with Gasteiger partial charge in [0, 0.05) is 23.5 Å². The molecular weight excluding hydrogens is 240 g/mol. The number of rotatable bonds is 4. The van der Waals surface area contributed by atoms with Gasteiger partial charge < -0.3 is 4.90 Å². The molecule has 0 radical (unpaired) electrons. The molecule has 0 aliphatic rings. The van der Waals surface area contributed by atoms with E-state index < -0.39 is 0 Å². The molecule has 3 nitrogen and oxygen atoms in total. The van der Waals surface area contributed by atoms with Crippen molar-refractivity contribution < 1.29 is 4.79 Å². The Labute approximate surface area is 102 Å². The van der Waals surface area contributed by atoms with Crippen molar-refractivity contribution in [1.82, 2.24) is 4.98 Å². The number of thiophene rings is 1. The Balaban J connectivity index is 2.07. The van der Waals surface area contributed by atoms with Crippen molar-refractivity contribution in [3.8, 4) is 0 Å². The van der Waals surface area contributed by atoms with Crippen LogP contribution in [0.5, 0.6) is 0 Å². The normalized spacial score (nSPS) is 10.4. The second kappa shape index (κ2) is 4.76. The summed E-state index contributed by atoms with van der Waals surface area (Å²) >= 11 is 3.13. The molecule has 16 heavy (non-hydrogen) atoms. The van der Waals surface area contributed by atoms with E-state index in [1.54, 1.807) is 11.3 Å². The van der Waals surface area contributed by atoms with Gasteiger partial charge in [0.05, 0.1) is 22.1 Å². The molecule has 2 aromatic rings. The van der Waals surface area contributed by atoms with Crippen molar-refractivity contribution in [2.24, 2.45) is 0 Å². The molecule has 0 aliphatic heterocycles. The smallest absolute Gasteiger partial charge is 0.160 e. The number of aldehydes is 1. The van der Waals surface area contributed by atoms with Crippen molar-refractivity contribution in [3.05, 3.63) is 32.4 Å². The van der Waals surface area contributed by atoms with Crippen LogP contribution in [0.15, 0.2) is 16.8 Å². The van der Waals surface area contributed by atoms with E-state index in [1.165, 1.54) is 11.3 Å². The fourth-order valence-electron chi connectivity index (χ4n) is 1.42. The number of thiazole rings is 1. The number of carbonyl (C=O) groups excluding carboxylic acids is 1. The van der Waals surface area contributed by atoms with Crippen LogP contribution in [0.25, 0.3) is 0 Å². The third-order valence-electron chi connectivity index (χ3n) is 2.23. The quantitative estimate of drug-likeness (QED) is 0.784. The van der Waals surface area contributed by atoms with Crippen LogP contribution in [-0.2, 0) is 6.54 Å². The van der Waals surface area contributed by atoms with E-state index >= 15 is 0 Å². The molecule has 0 unspecified atom stereocenters. The molecule has 0 aromatic carbocycles. The van der Waals surface area contributed by atoms with Crippen LogP contribution in [0.4, 0.5) is 5.69 Å². The zero-order chi connectivity index (χ0) is 11.5. The van der Waals surface area contributed by atoms with E-state index in [1.807, 2.05) is 25.4 Å². The summed E-state index contributed by atoms with van der Waals surface area (Å²) in [6, 6.07) is 1.90. The maximum Gasteiger partial charge on any atom is 0.160 e. The molecule has 0 saturated carbocycles. The number of aryl methyl sites for hydroxylation is 1. The maximum absolute atomic E-state index is 10.6. The fraction of sp³-hybridized carbons (Fsp3) is 0.273. The lowest BCUT2D eigenvalue weighted by Gasteiger charge is -2.15. The van der Waals surface area contributed by atoms with Gasteiger partial charge in [-0.05, 0) is 13.0 Å². The molecule has 0 bridgehead atoms. The highest BCUT2D eigenvalue weighted by Gasteiger charge is 2.07. The molecule has 2 heterocycles. The summed E-state index contributed by atoms with van der Waals surface area (Å²) in [6.07, 6.45) is 0.884. The molecule has 0 spiro atoms. The van der Waals surface area contributed by atoms with Gasteiger partial charge in [0.1, 0.15) is 0 Å². The minimum absolute atomic E-state index is 0.760. The Kier molecular flexibility index (Phi) is 3.36. The Morgan fingerprint density at radius 3 is 2.81 bits per heavy atom.